The third-order valence-corrected chi connectivity index (χ3v) is 3.89. The lowest BCUT2D eigenvalue weighted by atomic mass is 10.2. The number of hydrogen-bond acceptors (Lipinski definition) is 3. The molecule has 3 N–H and O–H groups in total. The first-order valence-electron chi connectivity index (χ1n) is 4.87. The van der Waals surface area contributed by atoms with E-state index in [-0.39, 0.29) is 12.2 Å². The van der Waals surface area contributed by atoms with Crippen LogP contribution < -0.4 is 10.5 Å². The molecule has 0 aliphatic heterocycles. The fraction of sp³-hybridized carbons (Fsp3) is 0.400. The zero-order chi connectivity index (χ0) is 12.3. The highest BCUT2D eigenvalue weighted by Gasteiger charge is 2.17. The van der Waals surface area contributed by atoms with Gasteiger partial charge < -0.3 is 5.73 Å². The molecule has 16 heavy (non-hydrogen) atoms. The van der Waals surface area contributed by atoms with Crippen LogP contribution in [0.15, 0.2) is 18.2 Å². The second-order valence-corrected chi connectivity index (χ2v) is 5.95. The van der Waals surface area contributed by atoms with Crippen molar-refractivity contribution in [1.82, 2.24) is 0 Å². The molecule has 1 rings (SSSR count). The molecule has 0 aromatic heterocycles. The van der Waals surface area contributed by atoms with Gasteiger partial charge in [0.25, 0.3) is 0 Å². The number of nitrogens with one attached hydrogen (secondary N) is 1. The largest absolute Gasteiger partial charge is 0.326 e. The van der Waals surface area contributed by atoms with Gasteiger partial charge in [0, 0.05) is 6.54 Å². The van der Waals surface area contributed by atoms with Crippen LogP contribution in [0.3, 0.4) is 0 Å². The van der Waals surface area contributed by atoms with Gasteiger partial charge in [-0.3, -0.25) is 4.72 Å². The molecule has 0 amide bonds. The predicted molar refractivity (Wildman–Crippen MR) is 62.0 cm³/mol. The average Bonchev–Trinajstić information content (AvgIpc) is 2.20. The van der Waals surface area contributed by atoms with Crippen molar-refractivity contribution in [1.29, 1.82) is 0 Å². The molecule has 4 nitrogen and oxygen atoms in total. The number of hydrogen-bond donors (Lipinski definition) is 2. The Morgan fingerprint density at radius 2 is 2.06 bits per heavy atom. The summed E-state index contributed by atoms with van der Waals surface area (Å²) in [6, 6.07) is 4.18. The zero-order valence-electron chi connectivity index (χ0n) is 9.20. The van der Waals surface area contributed by atoms with E-state index in [1.807, 2.05) is 0 Å². The number of anilines is 1. The van der Waals surface area contributed by atoms with E-state index in [2.05, 4.69) is 4.72 Å². The van der Waals surface area contributed by atoms with Gasteiger partial charge in [-0.15, -0.1) is 0 Å². The molecular formula is C10H15FN2O2S. The Hall–Kier alpha value is -1.14. The molecule has 0 aliphatic carbocycles. The van der Waals surface area contributed by atoms with Gasteiger partial charge in [0.1, 0.15) is 5.82 Å². The Morgan fingerprint density at radius 1 is 1.44 bits per heavy atom. The molecule has 0 heterocycles. The highest BCUT2D eigenvalue weighted by Crippen LogP contribution is 2.18. The van der Waals surface area contributed by atoms with Crippen LogP contribution in [0.2, 0.25) is 0 Å². The van der Waals surface area contributed by atoms with Gasteiger partial charge in [-0.25, -0.2) is 12.8 Å². The Balaban J connectivity index is 2.99. The third-order valence-electron chi connectivity index (χ3n) is 2.14. The second kappa shape index (κ2) is 4.80. The fourth-order valence-electron chi connectivity index (χ4n) is 1.04. The van der Waals surface area contributed by atoms with Crippen LogP contribution in [0.4, 0.5) is 10.1 Å². The number of nitrogens with two attached hydrogens (primary N) is 1. The van der Waals surface area contributed by atoms with Crippen molar-refractivity contribution in [3.8, 4) is 0 Å². The highest BCUT2D eigenvalue weighted by atomic mass is 32.2. The standard InChI is InChI=1S/C10H15FN2O2S/c1-7(2)16(14,15)13-10-4-3-8(6-12)5-9(10)11/h3-5,7,13H,6,12H2,1-2H3. The Bertz CT molecular complexity index is 472. The molecule has 0 saturated carbocycles. The van der Waals surface area contributed by atoms with E-state index < -0.39 is 21.1 Å². The number of halogens is 1. The van der Waals surface area contributed by atoms with E-state index in [1.54, 1.807) is 6.07 Å². The quantitative estimate of drug-likeness (QED) is 0.844. The predicted octanol–water partition coefficient (Wildman–Crippen LogP) is 1.43. The van der Waals surface area contributed by atoms with Crippen molar-refractivity contribution in [2.24, 2.45) is 5.73 Å². The van der Waals surface area contributed by atoms with Gasteiger partial charge >= 0.3 is 0 Å². The van der Waals surface area contributed by atoms with Crippen molar-refractivity contribution in [3.63, 3.8) is 0 Å². The topological polar surface area (TPSA) is 72.2 Å². The summed E-state index contributed by atoms with van der Waals surface area (Å²) in [5, 5.41) is -0.610. The van der Waals surface area contributed by atoms with Crippen LogP contribution in [-0.4, -0.2) is 13.7 Å². The number of benzene rings is 1. The molecule has 90 valence electrons. The summed E-state index contributed by atoms with van der Waals surface area (Å²) < 4.78 is 38.6. The van der Waals surface area contributed by atoms with E-state index in [4.69, 9.17) is 5.73 Å². The average molecular weight is 246 g/mol. The maximum atomic E-state index is 13.4. The minimum atomic E-state index is -3.51. The molecule has 1 aromatic carbocycles. The van der Waals surface area contributed by atoms with Crippen molar-refractivity contribution in [3.05, 3.63) is 29.6 Å². The summed E-state index contributed by atoms with van der Waals surface area (Å²) in [6.07, 6.45) is 0. The molecule has 6 heteroatoms. The van der Waals surface area contributed by atoms with Crippen LogP contribution >= 0.6 is 0 Å². The van der Waals surface area contributed by atoms with E-state index in [0.29, 0.717) is 5.56 Å². The molecule has 0 spiro atoms. The van der Waals surface area contributed by atoms with Crippen LogP contribution in [-0.2, 0) is 16.6 Å². The monoisotopic (exact) mass is 246 g/mol. The van der Waals surface area contributed by atoms with Gasteiger partial charge in [0.05, 0.1) is 10.9 Å². The summed E-state index contributed by atoms with van der Waals surface area (Å²) in [5.74, 6) is -0.618. The van der Waals surface area contributed by atoms with E-state index in [0.717, 1.165) is 0 Å². The Labute approximate surface area is 94.7 Å². The minimum Gasteiger partial charge on any atom is -0.326 e. The van der Waals surface area contributed by atoms with Crippen molar-refractivity contribution < 1.29 is 12.8 Å². The molecule has 0 atom stereocenters. The third kappa shape index (κ3) is 2.93. The summed E-state index contributed by atoms with van der Waals surface area (Å²) >= 11 is 0. The normalized spacial score (nSPS) is 11.8. The summed E-state index contributed by atoms with van der Waals surface area (Å²) in [4.78, 5) is 0. The highest BCUT2D eigenvalue weighted by molar-refractivity contribution is 7.93. The van der Waals surface area contributed by atoms with Gasteiger partial charge in [-0.1, -0.05) is 6.07 Å². The van der Waals surface area contributed by atoms with Crippen LogP contribution in [0, 0.1) is 5.82 Å². The van der Waals surface area contributed by atoms with Gasteiger partial charge in [0.15, 0.2) is 0 Å². The Morgan fingerprint density at radius 3 is 2.50 bits per heavy atom. The molecule has 0 bridgehead atoms. The van der Waals surface area contributed by atoms with Crippen LogP contribution in [0.25, 0.3) is 0 Å². The summed E-state index contributed by atoms with van der Waals surface area (Å²) in [7, 11) is -3.51. The minimum absolute atomic E-state index is 0.0501. The summed E-state index contributed by atoms with van der Waals surface area (Å²) in [6.45, 7) is 3.26. The number of sulfonamides is 1. The molecule has 0 fully saturated rings. The second-order valence-electron chi connectivity index (χ2n) is 3.71. The Kier molecular flexibility index (Phi) is 3.88. The maximum absolute atomic E-state index is 13.4. The molecular weight excluding hydrogens is 231 g/mol. The molecule has 0 saturated heterocycles. The first-order valence-corrected chi connectivity index (χ1v) is 6.41. The first kappa shape index (κ1) is 12.9. The molecule has 0 radical (unpaired) electrons. The van der Waals surface area contributed by atoms with Crippen molar-refractivity contribution >= 4 is 15.7 Å². The van der Waals surface area contributed by atoms with E-state index in [9.17, 15) is 12.8 Å². The van der Waals surface area contributed by atoms with E-state index in [1.165, 1.54) is 26.0 Å². The number of rotatable bonds is 4. The van der Waals surface area contributed by atoms with Crippen LogP contribution in [0.1, 0.15) is 19.4 Å². The smallest absolute Gasteiger partial charge is 0.235 e. The van der Waals surface area contributed by atoms with Gasteiger partial charge in [-0.2, -0.15) is 0 Å². The first-order chi connectivity index (χ1) is 7.36. The van der Waals surface area contributed by atoms with Crippen LogP contribution in [0.5, 0.6) is 0 Å². The maximum Gasteiger partial charge on any atom is 0.235 e. The summed E-state index contributed by atoms with van der Waals surface area (Å²) in [5.41, 5.74) is 5.90. The molecule has 0 aliphatic rings. The molecule has 0 unspecified atom stereocenters. The lowest BCUT2D eigenvalue weighted by molar-refractivity contribution is 0.590. The van der Waals surface area contributed by atoms with Gasteiger partial charge in [0.2, 0.25) is 10.0 Å². The van der Waals surface area contributed by atoms with Crippen molar-refractivity contribution in [2.75, 3.05) is 4.72 Å². The molecule has 1 aromatic rings. The fourth-order valence-corrected chi connectivity index (χ4v) is 1.75. The lowest BCUT2D eigenvalue weighted by Gasteiger charge is -2.11. The van der Waals surface area contributed by atoms with Gasteiger partial charge in [-0.05, 0) is 31.5 Å². The SMILES string of the molecule is CC(C)S(=O)(=O)Nc1ccc(CN)cc1F. The lowest BCUT2D eigenvalue weighted by Crippen LogP contribution is -2.23. The van der Waals surface area contributed by atoms with Crippen molar-refractivity contribution in [2.45, 2.75) is 25.6 Å². The zero-order valence-corrected chi connectivity index (χ0v) is 10.0. The van der Waals surface area contributed by atoms with E-state index >= 15 is 0 Å².